The lowest BCUT2D eigenvalue weighted by atomic mass is 10.00. The average molecular weight is 423 g/mol. The van der Waals surface area contributed by atoms with E-state index < -0.39 is 12.1 Å². The van der Waals surface area contributed by atoms with Crippen molar-refractivity contribution in [2.45, 2.75) is 63.8 Å². The van der Waals surface area contributed by atoms with Gasteiger partial charge in [-0.15, -0.1) is 0 Å². The standard InChI is InChI=1S/C23H30N6O2/c1-3-15(2)8-18(11-25)27-22(30)20(26)14-28-13-19-9-21(28)23(31)29(19)12-17-6-4-16(10-24)5-7-17/h4-7,15,18-21H,3,8-9,12-14,26H2,1-2H3,(H,27,30)/t15?,18?,19-,20?,21?/m0/s1. The molecule has 0 radical (unpaired) electrons. The molecular weight excluding hydrogens is 392 g/mol. The number of amides is 2. The number of hydrogen-bond donors (Lipinski definition) is 2. The molecule has 2 saturated heterocycles. The van der Waals surface area contributed by atoms with Gasteiger partial charge < -0.3 is 16.0 Å². The Morgan fingerprint density at radius 1 is 1.32 bits per heavy atom. The molecule has 0 spiro atoms. The summed E-state index contributed by atoms with van der Waals surface area (Å²) in [6.07, 6.45) is 2.28. The summed E-state index contributed by atoms with van der Waals surface area (Å²) >= 11 is 0. The van der Waals surface area contributed by atoms with Gasteiger partial charge in [0.25, 0.3) is 0 Å². The quantitative estimate of drug-likeness (QED) is 0.614. The van der Waals surface area contributed by atoms with Gasteiger partial charge in [0, 0.05) is 25.7 Å². The molecule has 2 fully saturated rings. The molecule has 0 aliphatic carbocycles. The minimum Gasteiger partial charge on any atom is -0.339 e. The molecule has 5 atom stereocenters. The maximum absolute atomic E-state index is 12.9. The number of likely N-dealkylation sites (tertiary alicyclic amines) is 2. The van der Waals surface area contributed by atoms with Crippen molar-refractivity contribution in [1.82, 2.24) is 15.1 Å². The van der Waals surface area contributed by atoms with Gasteiger partial charge in [-0.2, -0.15) is 10.5 Å². The first-order chi connectivity index (χ1) is 14.9. The third-order valence-electron chi connectivity index (χ3n) is 6.40. The van der Waals surface area contributed by atoms with Gasteiger partial charge in [-0.25, -0.2) is 0 Å². The summed E-state index contributed by atoms with van der Waals surface area (Å²) in [7, 11) is 0. The second-order valence-electron chi connectivity index (χ2n) is 8.68. The highest BCUT2D eigenvalue weighted by Gasteiger charge is 2.49. The van der Waals surface area contributed by atoms with Crippen LogP contribution in [0.25, 0.3) is 0 Å². The van der Waals surface area contributed by atoms with Crippen molar-refractivity contribution in [1.29, 1.82) is 10.5 Å². The molecular formula is C23H30N6O2. The van der Waals surface area contributed by atoms with Crippen LogP contribution in [0.4, 0.5) is 0 Å². The predicted octanol–water partition coefficient (Wildman–Crippen LogP) is 1.12. The Balaban J connectivity index is 1.52. The molecule has 8 heteroatoms. The van der Waals surface area contributed by atoms with Crippen LogP contribution in [-0.4, -0.2) is 58.9 Å². The molecule has 4 unspecified atom stereocenters. The van der Waals surface area contributed by atoms with Crippen molar-refractivity contribution >= 4 is 11.8 Å². The first kappa shape index (κ1) is 22.7. The van der Waals surface area contributed by atoms with Crippen LogP contribution < -0.4 is 11.1 Å². The highest BCUT2D eigenvalue weighted by molar-refractivity contribution is 5.86. The van der Waals surface area contributed by atoms with Crippen molar-refractivity contribution < 1.29 is 9.59 Å². The Labute approximate surface area is 183 Å². The number of rotatable bonds is 9. The van der Waals surface area contributed by atoms with Crippen molar-refractivity contribution in [2.75, 3.05) is 13.1 Å². The molecule has 2 heterocycles. The summed E-state index contributed by atoms with van der Waals surface area (Å²) < 4.78 is 0. The van der Waals surface area contributed by atoms with E-state index in [0.29, 0.717) is 37.5 Å². The zero-order valence-corrected chi connectivity index (χ0v) is 18.1. The maximum Gasteiger partial charge on any atom is 0.240 e. The average Bonchev–Trinajstić information content (AvgIpc) is 3.31. The largest absolute Gasteiger partial charge is 0.339 e. The van der Waals surface area contributed by atoms with E-state index in [0.717, 1.165) is 18.4 Å². The number of hydrogen-bond acceptors (Lipinski definition) is 6. The summed E-state index contributed by atoms with van der Waals surface area (Å²) in [5, 5.41) is 21.0. The number of carbonyl (C=O) groups excluding carboxylic acids is 2. The van der Waals surface area contributed by atoms with Crippen LogP contribution >= 0.6 is 0 Å². The number of nitriles is 2. The lowest BCUT2D eigenvalue weighted by molar-refractivity contribution is -0.138. The molecule has 8 nitrogen and oxygen atoms in total. The van der Waals surface area contributed by atoms with Gasteiger partial charge in [0.2, 0.25) is 11.8 Å². The van der Waals surface area contributed by atoms with E-state index in [1.54, 1.807) is 12.1 Å². The fourth-order valence-electron chi connectivity index (χ4n) is 4.35. The minimum atomic E-state index is -0.785. The Bertz CT molecular complexity index is 887. The van der Waals surface area contributed by atoms with Crippen molar-refractivity contribution in [2.24, 2.45) is 11.7 Å². The van der Waals surface area contributed by atoms with Crippen LogP contribution in [-0.2, 0) is 16.1 Å². The van der Waals surface area contributed by atoms with Crippen LogP contribution in [0.5, 0.6) is 0 Å². The molecule has 2 amide bonds. The second-order valence-corrected chi connectivity index (χ2v) is 8.68. The number of benzene rings is 1. The van der Waals surface area contributed by atoms with E-state index in [1.165, 1.54) is 0 Å². The van der Waals surface area contributed by atoms with Crippen LogP contribution in [0.1, 0.15) is 44.2 Å². The number of piperazine rings is 1. The molecule has 3 N–H and O–H groups in total. The third-order valence-corrected chi connectivity index (χ3v) is 6.40. The molecule has 1 aromatic rings. The molecule has 2 aliphatic heterocycles. The monoisotopic (exact) mass is 422 g/mol. The van der Waals surface area contributed by atoms with Gasteiger partial charge in [0.05, 0.1) is 29.8 Å². The molecule has 3 rings (SSSR count). The zero-order chi connectivity index (χ0) is 22.5. The minimum absolute atomic E-state index is 0.0555. The van der Waals surface area contributed by atoms with E-state index in [-0.39, 0.29) is 23.9 Å². The van der Waals surface area contributed by atoms with E-state index in [2.05, 4.69) is 24.4 Å². The summed E-state index contributed by atoms with van der Waals surface area (Å²) in [6.45, 7) is 5.60. The number of fused-ring (bicyclic) bond motifs is 2. The summed E-state index contributed by atoms with van der Waals surface area (Å²) in [6, 6.07) is 10.0. The Morgan fingerprint density at radius 2 is 2.03 bits per heavy atom. The Hall–Kier alpha value is -2.94. The van der Waals surface area contributed by atoms with Gasteiger partial charge >= 0.3 is 0 Å². The highest BCUT2D eigenvalue weighted by atomic mass is 16.2. The number of nitrogens with one attached hydrogen (secondary N) is 1. The fraction of sp³-hybridized carbons (Fsp3) is 0.565. The normalized spacial score (nSPS) is 23.1. The number of nitrogens with zero attached hydrogens (tertiary/aromatic N) is 4. The van der Waals surface area contributed by atoms with E-state index in [1.807, 2.05) is 28.9 Å². The smallest absolute Gasteiger partial charge is 0.240 e. The molecule has 1 aromatic carbocycles. The third kappa shape index (κ3) is 5.22. The number of nitrogens with two attached hydrogens (primary N) is 1. The van der Waals surface area contributed by atoms with Crippen molar-refractivity contribution in [3.63, 3.8) is 0 Å². The lowest BCUT2D eigenvalue weighted by Gasteiger charge is -2.35. The van der Waals surface area contributed by atoms with Crippen molar-refractivity contribution in [3.8, 4) is 12.1 Å². The first-order valence-electron chi connectivity index (χ1n) is 10.8. The van der Waals surface area contributed by atoms with Crippen LogP contribution in [0, 0.1) is 28.6 Å². The summed E-state index contributed by atoms with van der Waals surface area (Å²) in [4.78, 5) is 29.2. The maximum atomic E-state index is 12.9. The van der Waals surface area contributed by atoms with Crippen LogP contribution in [0.2, 0.25) is 0 Å². The predicted molar refractivity (Wildman–Crippen MR) is 115 cm³/mol. The first-order valence-corrected chi connectivity index (χ1v) is 10.8. The topological polar surface area (TPSA) is 126 Å². The van der Waals surface area contributed by atoms with Gasteiger partial charge in [0.1, 0.15) is 6.04 Å². The van der Waals surface area contributed by atoms with Gasteiger partial charge in [0.15, 0.2) is 0 Å². The SMILES string of the molecule is CCC(C)CC(C#N)NC(=O)C(N)CN1C[C@@H]2CC1C(=O)N2Cc1ccc(C#N)cc1. The van der Waals surface area contributed by atoms with Gasteiger partial charge in [-0.3, -0.25) is 14.5 Å². The van der Waals surface area contributed by atoms with E-state index >= 15 is 0 Å². The Kier molecular flexibility index (Phi) is 7.27. The molecule has 2 bridgehead atoms. The van der Waals surface area contributed by atoms with Crippen LogP contribution in [0.15, 0.2) is 24.3 Å². The zero-order valence-electron chi connectivity index (χ0n) is 18.1. The molecule has 31 heavy (non-hydrogen) atoms. The van der Waals surface area contributed by atoms with Gasteiger partial charge in [-0.1, -0.05) is 32.4 Å². The molecule has 0 saturated carbocycles. The second kappa shape index (κ2) is 9.91. The summed E-state index contributed by atoms with van der Waals surface area (Å²) in [5.74, 6) is 0.0506. The van der Waals surface area contributed by atoms with E-state index in [4.69, 9.17) is 11.0 Å². The van der Waals surface area contributed by atoms with Gasteiger partial charge in [-0.05, 0) is 36.5 Å². The Morgan fingerprint density at radius 3 is 2.61 bits per heavy atom. The molecule has 0 aromatic heterocycles. The fourth-order valence-corrected chi connectivity index (χ4v) is 4.35. The van der Waals surface area contributed by atoms with E-state index in [9.17, 15) is 14.9 Å². The number of carbonyl (C=O) groups is 2. The van der Waals surface area contributed by atoms with Crippen molar-refractivity contribution in [3.05, 3.63) is 35.4 Å². The summed E-state index contributed by atoms with van der Waals surface area (Å²) in [5.41, 5.74) is 7.70. The molecule has 2 aliphatic rings. The highest BCUT2D eigenvalue weighted by Crippen LogP contribution is 2.33. The van der Waals surface area contributed by atoms with Crippen LogP contribution in [0.3, 0.4) is 0 Å². The molecule has 164 valence electrons. The lowest BCUT2D eigenvalue weighted by Crippen LogP contribution is -2.56.